The van der Waals surface area contributed by atoms with Crippen molar-refractivity contribution in [2.75, 3.05) is 12.3 Å². The maximum atomic E-state index is 6.01. The third-order valence-corrected chi connectivity index (χ3v) is 2.99. The molecule has 1 unspecified atom stereocenters. The molecule has 2 rings (SSSR count). The lowest BCUT2D eigenvalue weighted by Gasteiger charge is -2.20. The van der Waals surface area contributed by atoms with Crippen LogP contribution in [-0.2, 0) is 0 Å². The fourth-order valence-electron chi connectivity index (χ4n) is 2.04. The first-order valence-corrected chi connectivity index (χ1v) is 6.36. The molecule has 2 heterocycles. The standard InChI is InChI=1S/C14H19N5/c1-4-16-12(14-18-7-9(2)8-19-14)11-10(3)5-6-17-13(11)15/h5-8,12,16H,4H2,1-3H3,(H2,15,17). The van der Waals surface area contributed by atoms with Gasteiger partial charge in [0.2, 0.25) is 0 Å². The maximum absolute atomic E-state index is 6.01. The van der Waals surface area contributed by atoms with Crippen LogP contribution in [0.4, 0.5) is 5.82 Å². The Hall–Kier alpha value is -2.01. The van der Waals surface area contributed by atoms with E-state index in [0.717, 1.165) is 29.1 Å². The minimum Gasteiger partial charge on any atom is -0.383 e. The SMILES string of the molecule is CCNC(c1ncc(C)cn1)c1c(C)ccnc1N. The minimum atomic E-state index is -0.126. The van der Waals surface area contributed by atoms with Gasteiger partial charge in [-0.15, -0.1) is 0 Å². The Morgan fingerprint density at radius 2 is 1.89 bits per heavy atom. The smallest absolute Gasteiger partial charge is 0.149 e. The molecule has 0 aliphatic rings. The van der Waals surface area contributed by atoms with Gasteiger partial charge in [0.15, 0.2) is 0 Å². The van der Waals surface area contributed by atoms with Crippen LogP contribution in [0.25, 0.3) is 0 Å². The van der Waals surface area contributed by atoms with Crippen molar-refractivity contribution in [3.05, 3.63) is 47.2 Å². The number of pyridine rings is 1. The van der Waals surface area contributed by atoms with Crippen molar-refractivity contribution >= 4 is 5.82 Å². The zero-order valence-electron chi connectivity index (χ0n) is 11.5. The van der Waals surface area contributed by atoms with E-state index in [-0.39, 0.29) is 6.04 Å². The highest BCUT2D eigenvalue weighted by Crippen LogP contribution is 2.26. The quantitative estimate of drug-likeness (QED) is 0.873. The van der Waals surface area contributed by atoms with Crippen molar-refractivity contribution in [3.63, 3.8) is 0 Å². The summed E-state index contributed by atoms with van der Waals surface area (Å²) in [6.07, 6.45) is 5.34. The van der Waals surface area contributed by atoms with Gasteiger partial charge in [-0.1, -0.05) is 6.92 Å². The molecule has 0 aliphatic heterocycles. The zero-order chi connectivity index (χ0) is 13.8. The van der Waals surface area contributed by atoms with Gasteiger partial charge in [0.1, 0.15) is 11.6 Å². The van der Waals surface area contributed by atoms with Crippen molar-refractivity contribution in [2.45, 2.75) is 26.8 Å². The first-order chi connectivity index (χ1) is 9.13. The summed E-state index contributed by atoms with van der Waals surface area (Å²) in [5, 5.41) is 3.37. The molecular formula is C14H19N5. The molecule has 5 nitrogen and oxygen atoms in total. The molecule has 3 N–H and O–H groups in total. The number of nitrogens with two attached hydrogens (primary N) is 1. The van der Waals surface area contributed by atoms with Gasteiger partial charge in [-0.25, -0.2) is 15.0 Å². The van der Waals surface area contributed by atoms with E-state index >= 15 is 0 Å². The lowest BCUT2D eigenvalue weighted by Crippen LogP contribution is -2.26. The van der Waals surface area contributed by atoms with Crippen LogP contribution in [0, 0.1) is 13.8 Å². The number of hydrogen-bond acceptors (Lipinski definition) is 5. The first-order valence-electron chi connectivity index (χ1n) is 6.36. The molecule has 1 atom stereocenters. The summed E-state index contributed by atoms with van der Waals surface area (Å²) < 4.78 is 0. The summed E-state index contributed by atoms with van der Waals surface area (Å²) in [4.78, 5) is 13.0. The molecule has 0 fully saturated rings. The lowest BCUT2D eigenvalue weighted by atomic mass is 10.0. The number of rotatable bonds is 4. The highest BCUT2D eigenvalue weighted by atomic mass is 15.0. The highest BCUT2D eigenvalue weighted by Gasteiger charge is 2.20. The summed E-state index contributed by atoms with van der Waals surface area (Å²) in [5.74, 6) is 1.24. The van der Waals surface area contributed by atoms with E-state index in [0.29, 0.717) is 5.82 Å². The van der Waals surface area contributed by atoms with Gasteiger partial charge in [0.25, 0.3) is 0 Å². The van der Waals surface area contributed by atoms with Gasteiger partial charge in [0, 0.05) is 24.2 Å². The molecule has 0 spiro atoms. The second-order valence-electron chi connectivity index (χ2n) is 4.54. The summed E-state index contributed by atoms with van der Waals surface area (Å²) in [6.45, 7) is 6.83. The second kappa shape index (κ2) is 5.75. The molecule has 19 heavy (non-hydrogen) atoms. The number of nitrogens with zero attached hydrogens (tertiary/aromatic N) is 3. The van der Waals surface area contributed by atoms with Crippen molar-refractivity contribution in [1.29, 1.82) is 0 Å². The third kappa shape index (κ3) is 2.88. The number of anilines is 1. The Kier molecular flexibility index (Phi) is 4.06. The number of nitrogens with one attached hydrogen (secondary N) is 1. The number of nitrogen functional groups attached to an aromatic ring is 1. The van der Waals surface area contributed by atoms with Crippen LogP contribution >= 0.6 is 0 Å². The lowest BCUT2D eigenvalue weighted by molar-refractivity contribution is 0.594. The van der Waals surface area contributed by atoms with Crippen LogP contribution in [0.2, 0.25) is 0 Å². The molecule has 2 aromatic heterocycles. The summed E-state index contributed by atoms with van der Waals surface area (Å²) in [5.41, 5.74) is 9.09. The van der Waals surface area contributed by atoms with E-state index in [1.165, 1.54) is 0 Å². The van der Waals surface area contributed by atoms with Crippen molar-refractivity contribution in [1.82, 2.24) is 20.3 Å². The van der Waals surface area contributed by atoms with E-state index in [1.807, 2.05) is 39.2 Å². The third-order valence-electron chi connectivity index (χ3n) is 2.99. The molecule has 0 bridgehead atoms. The molecule has 0 radical (unpaired) electrons. The second-order valence-corrected chi connectivity index (χ2v) is 4.54. The molecule has 0 amide bonds. The Balaban J connectivity index is 2.48. The fraction of sp³-hybridized carbons (Fsp3) is 0.357. The average molecular weight is 257 g/mol. The monoisotopic (exact) mass is 257 g/mol. The zero-order valence-corrected chi connectivity index (χ0v) is 11.5. The largest absolute Gasteiger partial charge is 0.383 e. The van der Waals surface area contributed by atoms with E-state index in [9.17, 15) is 0 Å². The normalized spacial score (nSPS) is 12.4. The summed E-state index contributed by atoms with van der Waals surface area (Å²) in [6, 6.07) is 1.82. The van der Waals surface area contributed by atoms with Gasteiger partial charge in [-0.2, -0.15) is 0 Å². The number of hydrogen-bond donors (Lipinski definition) is 2. The molecule has 100 valence electrons. The van der Waals surface area contributed by atoms with Gasteiger partial charge >= 0.3 is 0 Å². The van der Waals surface area contributed by atoms with Gasteiger partial charge in [-0.3, -0.25) is 0 Å². The highest BCUT2D eigenvalue weighted by molar-refractivity contribution is 5.48. The van der Waals surface area contributed by atoms with Crippen molar-refractivity contribution < 1.29 is 0 Å². The van der Waals surface area contributed by atoms with Crippen LogP contribution in [0.15, 0.2) is 24.7 Å². The Morgan fingerprint density at radius 1 is 1.21 bits per heavy atom. The maximum Gasteiger partial charge on any atom is 0.149 e. The Morgan fingerprint density at radius 3 is 2.47 bits per heavy atom. The van der Waals surface area contributed by atoms with E-state index in [1.54, 1.807) is 6.20 Å². The van der Waals surface area contributed by atoms with E-state index < -0.39 is 0 Å². The molecule has 0 aromatic carbocycles. The van der Waals surface area contributed by atoms with Crippen LogP contribution in [0.1, 0.15) is 35.5 Å². The van der Waals surface area contributed by atoms with E-state index in [2.05, 4.69) is 20.3 Å². The first kappa shape index (κ1) is 13.4. The summed E-state index contributed by atoms with van der Waals surface area (Å²) >= 11 is 0. The topological polar surface area (TPSA) is 76.7 Å². The van der Waals surface area contributed by atoms with Crippen molar-refractivity contribution in [3.8, 4) is 0 Å². The summed E-state index contributed by atoms with van der Waals surface area (Å²) in [7, 11) is 0. The van der Waals surface area contributed by atoms with Gasteiger partial charge < -0.3 is 11.1 Å². The predicted octanol–water partition coefficient (Wildman–Crippen LogP) is 1.77. The van der Waals surface area contributed by atoms with E-state index in [4.69, 9.17) is 5.73 Å². The van der Waals surface area contributed by atoms with Crippen molar-refractivity contribution in [2.24, 2.45) is 0 Å². The molecule has 5 heteroatoms. The van der Waals surface area contributed by atoms with Crippen LogP contribution in [0.3, 0.4) is 0 Å². The fourth-order valence-corrected chi connectivity index (χ4v) is 2.04. The van der Waals surface area contributed by atoms with Crippen LogP contribution < -0.4 is 11.1 Å². The molecular weight excluding hydrogens is 238 g/mol. The molecule has 0 aliphatic carbocycles. The average Bonchev–Trinajstić information content (AvgIpc) is 2.38. The van der Waals surface area contributed by atoms with Gasteiger partial charge in [-0.05, 0) is 37.6 Å². The Labute approximate surface area is 113 Å². The van der Waals surface area contributed by atoms with Crippen LogP contribution in [0.5, 0.6) is 0 Å². The molecule has 2 aromatic rings. The Bertz CT molecular complexity index is 530. The minimum absolute atomic E-state index is 0.126. The predicted molar refractivity (Wildman–Crippen MR) is 75.7 cm³/mol. The molecule has 0 saturated heterocycles. The molecule has 0 saturated carbocycles. The van der Waals surface area contributed by atoms with Gasteiger partial charge in [0.05, 0.1) is 6.04 Å². The number of aromatic nitrogens is 3. The van der Waals surface area contributed by atoms with Crippen LogP contribution in [-0.4, -0.2) is 21.5 Å². The number of aryl methyl sites for hydroxylation is 2.